The Kier molecular flexibility index (Phi) is 2.81. The van der Waals surface area contributed by atoms with Crippen LogP contribution in [-0.2, 0) is 6.54 Å². The molecule has 0 saturated carbocycles. The van der Waals surface area contributed by atoms with E-state index in [4.69, 9.17) is 9.47 Å². The number of para-hydroxylation sites is 1. The summed E-state index contributed by atoms with van der Waals surface area (Å²) in [6.07, 6.45) is 0. The molecule has 18 heavy (non-hydrogen) atoms. The minimum Gasteiger partial charge on any atom is -0.454 e. The molecule has 1 unspecified atom stereocenters. The van der Waals surface area contributed by atoms with Crippen LogP contribution < -0.4 is 14.8 Å². The van der Waals surface area contributed by atoms with Gasteiger partial charge in [-0.25, -0.2) is 0 Å². The molecule has 0 fully saturated rings. The lowest BCUT2D eigenvalue weighted by atomic mass is 10.1. The fourth-order valence-electron chi connectivity index (χ4n) is 1.84. The maximum atomic E-state index is 5.44. The Labute approximate surface area is 103 Å². The highest BCUT2D eigenvalue weighted by Gasteiger charge is 2.18. The van der Waals surface area contributed by atoms with Crippen molar-refractivity contribution < 1.29 is 9.47 Å². The summed E-state index contributed by atoms with van der Waals surface area (Å²) >= 11 is 0. The van der Waals surface area contributed by atoms with Crippen LogP contribution in [0.25, 0.3) is 0 Å². The van der Waals surface area contributed by atoms with E-state index in [2.05, 4.69) is 25.9 Å². The highest BCUT2D eigenvalue weighted by Crippen LogP contribution is 2.35. The van der Waals surface area contributed by atoms with Crippen molar-refractivity contribution >= 4 is 0 Å². The average molecular weight is 247 g/mol. The maximum Gasteiger partial charge on any atom is 0.231 e. The number of H-pyrrole nitrogens is 1. The number of aromatic amines is 1. The Morgan fingerprint density at radius 2 is 2.39 bits per heavy atom. The van der Waals surface area contributed by atoms with E-state index in [1.807, 2.05) is 25.1 Å². The first kappa shape index (κ1) is 11.0. The molecule has 2 aromatic rings. The second kappa shape index (κ2) is 4.61. The number of fused-ring (bicyclic) bond motifs is 1. The van der Waals surface area contributed by atoms with Crippen molar-refractivity contribution in [1.82, 2.24) is 25.9 Å². The molecule has 2 heterocycles. The van der Waals surface area contributed by atoms with Crippen molar-refractivity contribution in [2.24, 2.45) is 0 Å². The van der Waals surface area contributed by atoms with Crippen molar-refractivity contribution in [3.8, 4) is 11.5 Å². The number of benzene rings is 1. The van der Waals surface area contributed by atoms with Gasteiger partial charge in [0.1, 0.15) is 0 Å². The maximum absolute atomic E-state index is 5.44. The van der Waals surface area contributed by atoms with Gasteiger partial charge in [0, 0.05) is 12.1 Å². The second-order valence-electron chi connectivity index (χ2n) is 4.02. The van der Waals surface area contributed by atoms with Crippen molar-refractivity contribution in [2.45, 2.75) is 19.5 Å². The number of tetrazole rings is 1. The van der Waals surface area contributed by atoms with Crippen LogP contribution >= 0.6 is 0 Å². The quantitative estimate of drug-likeness (QED) is 0.830. The lowest BCUT2D eigenvalue weighted by Crippen LogP contribution is -2.19. The predicted molar refractivity (Wildman–Crippen MR) is 62.0 cm³/mol. The Balaban J connectivity index is 1.69. The normalized spacial score (nSPS) is 14.7. The number of nitrogens with one attached hydrogen (secondary N) is 2. The molecule has 0 radical (unpaired) electrons. The van der Waals surface area contributed by atoms with E-state index in [9.17, 15) is 0 Å². The molecule has 2 N–H and O–H groups in total. The van der Waals surface area contributed by atoms with Gasteiger partial charge in [-0.1, -0.05) is 17.3 Å². The number of aromatic nitrogens is 4. The first-order chi connectivity index (χ1) is 8.84. The van der Waals surface area contributed by atoms with Gasteiger partial charge in [-0.3, -0.25) is 0 Å². The summed E-state index contributed by atoms with van der Waals surface area (Å²) < 4.78 is 10.8. The monoisotopic (exact) mass is 247 g/mol. The Hall–Kier alpha value is -2.15. The molecule has 1 aliphatic rings. The lowest BCUT2D eigenvalue weighted by Gasteiger charge is -2.11. The van der Waals surface area contributed by atoms with E-state index in [0.717, 1.165) is 17.1 Å². The molecule has 1 aliphatic heterocycles. The number of nitrogens with zero attached hydrogens (tertiary/aromatic N) is 3. The zero-order valence-corrected chi connectivity index (χ0v) is 9.88. The molecule has 0 amide bonds. The Morgan fingerprint density at radius 3 is 3.22 bits per heavy atom. The van der Waals surface area contributed by atoms with Gasteiger partial charge in [0.2, 0.25) is 6.79 Å². The van der Waals surface area contributed by atoms with Crippen LogP contribution in [0.1, 0.15) is 24.4 Å². The van der Waals surface area contributed by atoms with Crippen molar-refractivity contribution in [2.75, 3.05) is 6.79 Å². The zero-order chi connectivity index (χ0) is 12.4. The molecule has 0 saturated heterocycles. The second-order valence-corrected chi connectivity index (χ2v) is 4.02. The van der Waals surface area contributed by atoms with E-state index in [0.29, 0.717) is 12.4 Å². The molecule has 0 aliphatic carbocycles. The van der Waals surface area contributed by atoms with Crippen molar-refractivity contribution in [3.05, 3.63) is 29.6 Å². The zero-order valence-electron chi connectivity index (χ0n) is 9.88. The summed E-state index contributed by atoms with van der Waals surface area (Å²) in [4.78, 5) is 0. The number of rotatable bonds is 4. The SMILES string of the molecule is CC(NCc1cccc2c1OCO2)c1nn[nH]n1. The largest absolute Gasteiger partial charge is 0.454 e. The van der Waals surface area contributed by atoms with Gasteiger partial charge < -0.3 is 14.8 Å². The molecule has 3 rings (SSSR count). The molecule has 7 heteroatoms. The van der Waals surface area contributed by atoms with Crippen LogP contribution in [0.2, 0.25) is 0 Å². The minimum atomic E-state index is 0.0157. The van der Waals surface area contributed by atoms with E-state index >= 15 is 0 Å². The minimum absolute atomic E-state index is 0.0157. The third-order valence-corrected chi connectivity index (χ3v) is 2.83. The molecule has 94 valence electrons. The summed E-state index contributed by atoms with van der Waals surface area (Å²) in [6.45, 7) is 2.92. The van der Waals surface area contributed by atoms with Gasteiger partial charge in [-0.2, -0.15) is 5.21 Å². The number of hydrogen-bond donors (Lipinski definition) is 2. The Bertz CT molecular complexity index is 528. The summed E-state index contributed by atoms with van der Waals surface area (Å²) in [5.74, 6) is 2.24. The number of ether oxygens (including phenoxy) is 2. The smallest absolute Gasteiger partial charge is 0.231 e. The lowest BCUT2D eigenvalue weighted by molar-refractivity contribution is 0.173. The summed E-state index contributed by atoms with van der Waals surface area (Å²) in [7, 11) is 0. The highest BCUT2D eigenvalue weighted by molar-refractivity contribution is 5.48. The third kappa shape index (κ3) is 2.00. The molecular formula is C11H13N5O2. The molecule has 7 nitrogen and oxygen atoms in total. The van der Waals surface area contributed by atoms with Crippen LogP contribution in [0.5, 0.6) is 11.5 Å². The molecule has 1 atom stereocenters. The molecule has 1 aromatic heterocycles. The van der Waals surface area contributed by atoms with Gasteiger partial charge in [0.05, 0.1) is 6.04 Å². The van der Waals surface area contributed by atoms with Gasteiger partial charge in [0.15, 0.2) is 17.3 Å². The van der Waals surface area contributed by atoms with E-state index < -0.39 is 0 Å². The Morgan fingerprint density at radius 1 is 1.44 bits per heavy atom. The first-order valence-electron chi connectivity index (χ1n) is 5.69. The first-order valence-corrected chi connectivity index (χ1v) is 5.69. The van der Waals surface area contributed by atoms with Crippen LogP contribution in [0.3, 0.4) is 0 Å². The fourth-order valence-corrected chi connectivity index (χ4v) is 1.84. The van der Waals surface area contributed by atoms with Gasteiger partial charge in [0.25, 0.3) is 0 Å². The summed E-state index contributed by atoms with van der Waals surface area (Å²) in [5, 5.41) is 17.2. The van der Waals surface area contributed by atoms with E-state index in [1.54, 1.807) is 0 Å². The van der Waals surface area contributed by atoms with Gasteiger partial charge in [-0.15, -0.1) is 10.2 Å². The van der Waals surface area contributed by atoms with E-state index in [-0.39, 0.29) is 12.8 Å². The highest BCUT2D eigenvalue weighted by atomic mass is 16.7. The van der Waals surface area contributed by atoms with Crippen LogP contribution in [0.15, 0.2) is 18.2 Å². The van der Waals surface area contributed by atoms with Crippen LogP contribution in [0.4, 0.5) is 0 Å². The predicted octanol–water partition coefficient (Wildman–Crippen LogP) is 0.779. The number of hydrogen-bond acceptors (Lipinski definition) is 6. The summed E-state index contributed by atoms with van der Waals surface area (Å²) in [6, 6.07) is 5.86. The fraction of sp³-hybridized carbons (Fsp3) is 0.364. The third-order valence-electron chi connectivity index (χ3n) is 2.83. The van der Waals surface area contributed by atoms with Crippen LogP contribution in [0, 0.1) is 0 Å². The van der Waals surface area contributed by atoms with Crippen LogP contribution in [-0.4, -0.2) is 27.4 Å². The molecule has 0 bridgehead atoms. The standard InChI is InChI=1S/C11H13N5O2/c1-7(11-13-15-16-14-11)12-5-8-3-2-4-9-10(8)18-6-17-9/h2-4,7,12H,5-6H2,1H3,(H,13,14,15,16). The van der Waals surface area contributed by atoms with Crippen molar-refractivity contribution in [3.63, 3.8) is 0 Å². The summed E-state index contributed by atoms with van der Waals surface area (Å²) in [5.41, 5.74) is 1.06. The topological polar surface area (TPSA) is 85.0 Å². The molecular weight excluding hydrogens is 234 g/mol. The molecule has 0 spiro atoms. The van der Waals surface area contributed by atoms with Gasteiger partial charge in [-0.05, 0) is 13.0 Å². The van der Waals surface area contributed by atoms with Gasteiger partial charge >= 0.3 is 0 Å². The van der Waals surface area contributed by atoms with E-state index in [1.165, 1.54) is 0 Å². The average Bonchev–Trinajstić information content (AvgIpc) is 3.05. The molecule has 1 aromatic carbocycles. The van der Waals surface area contributed by atoms with Crippen molar-refractivity contribution in [1.29, 1.82) is 0 Å².